The Balaban J connectivity index is 2.86. The third-order valence-corrected chi connectivity index (χ3v) is 2.58. The zero-order valence-electron chi connectivity index (χ0n) is 7.03. The number of rotatable bonds is 2. The van der Waals surface area contributed by atoms with Crippen molar-refractivity contribution in [1.29, 1.82) is 0 Å². The molecule has 0 N–H and O–H groups in total. The van der Waals surface area contributed by atoms with E-state index in [1.54, 1.807) is 19.1 Å². The van der Waals surface area contributed by atoms with Crippen molar-refractivity contribution in [2.75, 3.05) is 0 Å². The molecule has 0 radical (unpaired) electrons. The van der Waals surface area contributed by atoms with Crippen LogP contribution in [-0.4, -0.2) is 6.98 Å². The average Bonchev–Trinajstić information content (AvgIpc) is 1.94. The maximum absolute atomic E-state index is 12.0. The van der Waals surface area contributed by atoms with Gasteiger partial charge in [0.25, 0.3) is 0 Å². The minimum Gasteiger partial charge on any atom is -0.449 e. The van der Waals surface area contributed by atoms with E-state index in [1.807, 2.05) is 0 Å². The predicted octanol–water partition coefficient (Wildman–Crippen LogP) is 3.69. The van der Waals surface area contributed by atoms with Gasteiger partial charge in [-0.15, -0.1) is 0 Å². The van der Waals surface area contributed by atoms with Crippen molar-refractivity contribution in [3.8, 4) is 0 Å². The van der Waals surface area contributed by atoms with Crippen molar-refractivity contribution in [3.05, 3.63) is 33.8 Å². The lowest BCUT2D eigenvalue weighted by molar-refractivity contribution is 0.468. The van der Waals surface area contributed by atoms with E-state index >= 15 is 0 Å². The van der Waals surface area contributed by atoms with Gasteiger partial charge >= 0.3 is 6.98 Å². The van der Waals surface area contributed by atoms with Crippen molar-refractivity contribution in [1.82, 2.24) is 0 Å². The van der Waals surface area contributed by atoms with E-state index < -0.39 is 13.3 Å². The summed E-state index contributed by atoms with van der Waals surface area (Å²) < 4.78 is 36.9. The van der Waals surface area contributed by atoms with E-state index in [0.29, 0.717) is 5.56 Å². The molecule has 13 heavy (non-hydrogen) atoms. The molecule has 0 aromatic heterocycles. The van der Waals surface area contributed by atoms with Crippen LogP contribution in [0, 0.1) is 6.92 Å². The first-order chi connectivity index (χ1) is 5.88. The molecular weight excluding hydrogens is 244 g/mol. The quantitative estimate of drug-likeness (QED) is 0.704. The summed E-state index contributed by atoms with van der Waals surface area (Å²) in [6, 6.07) is 4.69. The summed E-state index contributed by atoms with van der Waals surface area (Å²) in [5, 5.41) is 0. The van der Waals surface area contributed by atoms with Gasteiger partial charge in [-0.05, 0) is 18.6 Å². The highest BCUT2D eigenvalue weighted by Gasteiger charge is 2.23. The highest BCUT2D eigenvalue weighted by molar-refractivity contribution is 9.10. The van der Waals surface area contributed by atoms with E-state index in [2.05, 4.69) is 15.9 Å². The van der Waals surface area contributed by atoms with Crippen LogP contribution in [0.2, 0.25) is 0 Å². The number of aryl methyl sites for hydroxylation is 1. The fraction of sp³-hybridized carbons (Fsp3) is 0.250. The van der Waals surface area contributed by atoms with Crippen LogP contribution in [0.15, 0.2) is 22.7 Å². The SMILES string of the molecule is Cc1cc(C[B-](F)(F)F)ccc1Br. The Labute approximate surface area is 83.3 Å². The van der Waals surface area contributed by atoms with Crippen molar-refractivity contribution in [3.63, 3.8) is 0 Å². The zero-order valence-corrected chi connectivity index (χ0v) is 8.61. The molecule has 1 rings (SSSR count). The van der Waals surface area contributed by atoms with Gasteiger partial charge in [-0.1, -0.05) is 39.9 Å². The molecule has 0 aliphatic heterocycles. The minimum atomic E-state index is -4.72. The highest BCUT2D eigenvalue weighted by atomic mass is 79.9. The first-order valence-corrected chi connectivity index (χ1v) is 4.64. The lowest BCUT2D eigenvalue weighted by atomic mass is 9.81. The lowest BCUT2D eigenvalue weighted by Gasteiger charge is -2.13. The van der Waals surface area contributed by atoms with Crippen LogP contribution in [0.25, 0.3) is 0 Å². The molecule has 0 fully saturated rings. The van der Waals surface area contributed by atoms with E-state index in [0.717, 1.165) is 10.0 Å². The molecule has 72 valence electrons. The van der Waals surface area contributed by atoms with Gasteiger partial charge in [0.2, 0.25) is 0 Å². The van der Waals surface area contributed by atoms with Crippen LogP contribution in [0.1, 0.15) is 11.1 Å². The van der Waals surface area contributed by atoms with Gasteiger partial charge in [-0.3, -0.25) is 0 Å². The molecule has 0 nitrogen and oxygen atoms in total. The Kier molecular flexibility index (Phi) is 3.06. The van der Waals surface area contributed by atoms with Gasteiger partial charge < -0.3 is 12.9 Å². The summed E-state index contributed by atoms with van der Waals surface area (Å²) >= 11 is 3.23. The monoisotopic (exact) mass is 251 g/mol. The zero-order chi connectivity index (χ0) is 10.1. The van der Waals surface area contributed by atoms with Crippen molar-refractivity contribution in [2.45, 2.75) is 13.2 Å². The predicted molar refractivity (Wildman–Crippen MR) is 51.7 cm³/mol. The summed E-state index contributed by atoms with van der Waals surface area (Å²) in [5.41, 5.74) is 1.16. The maximum Gasteiger partial charge on any atom is 0.482 e. The van der Waals surface area contributed by atoms with Crippen LogP contribution >= 0.6 is 15.9 Å². The Morgan fingerprint density at radius 2 is 1.92 bits per heavy atom. The molecule has 0 aliphatic carbocycles. The number of hydrogen-bond acceptors (Lipinski definition) is 0. The van der Waals surface area contributed by atoms with Crippen LogP contribution in [-0.2, 0) is 6.32 Å². The summed E-state index contributed by atoms with van der Waals surface area (Å²) in [6.07, 6.45) is -0.798. The van der Waals surface area contributed by atoms with Crippen LogP contribution < -0.4 is 0 Å². The van der Waals surface area contributed by atoms with Gasteiger partial charge in [0.15, 0.2) is 0 Å². The summed E-state index contributed by atoms with van der Waals surface area (Å²) in [5.74, 6) is 0. The molecule has 0 atom stereocenters. The van der Waals surface area contributed by atoms with Crippen molar-refractivity contribution >= 4 is 22.9 Å². The molecule has 5 heteroatoms. The summed E-state index contributed by atoms with van der Waals surface area (Å²) in [7, 11) is 0. The fourth-order valence-corrected chi connectivity index (χ4v) is 1.35. The van der Waals surface area contributed by atoms with Crippen LogP contribution in [0.5, 0.6) is 0 Å². The van der Waals surface area contributed by atoms with Crippen LogP contribution in [0.4, 0.5) is 12.9 Å². The standard InChI is InChI=1S/C8H8BBrF3/c1-6-4-7(2-3-8(6)10)5-9(11,12)13/h2-4H,5H2,1H3/q-1. The van der Waals surface area contributed by atoms with Crippen LogP contribution in [0.3, 0.4) is 0 Å². The maximum atomic E-state index is 12.0. The molecule has 1 aromatic rings. The molecule has 0 heterocycles. The molecule has 0 spiro atoms. The van der Waals surface area contributed by atoms with Crippen molar-refractivity contribution in [2.24, 2.45) is 0 Å². The molecule has 0 bridgehead atoms. The number of halogens is 4. The minimum absolute atomic E-state index is 0.327. The lowest BCUT2D eigenvalue weighted by Crippen LogP contribution is -2.19. The second-order valence-corrected chi connectivity index (χ2v) is 3.85. The first-order valence-electron chi connectivity index (χ1n) is 3.84. The smallest absolute Gasteiger partial charge is 0.449 e. The number of hydrogen-bond donors (Lipinski definition) is 0. The Morgan fingerprint density at radius 1 is 1.31 bits per heavy atom. The third-order valence-electron chi connectivity index (χ3n) is 1.69. The largest absolute Gasteiger partial charge is 0.482 e. The second-order valence-electron chi connectivity index (χ2n) is 3.00. The summed E-state index contributed by atoms with van der Waals surface area (Å²) in [6.45, 7) is -2.95. The van der Waals surface area contributed by atoms with Crippen molar-refractivity contribution < 1.29 is 12.9 Å². The first kappa shape index (κ1) is 10.6. The molecule has 1 aromatic carbocycles. The average molecular weight is 252 g/mol. The molecule has 0 unspecified atom stereocenters. The van der Waals surface area contributed by atoms with E-state index in [9.17, 15) is 12.9 Å². The molecule has 0 aliphatic rings. The van der Waals surface area contributed by atoms with Gasteiger partial charge in [0.1, 0.15) is 0 Å². The molecule has 0 saturated carbocycles. The highest BCUT2D eigenvalue weighted by Crippen LogP contribution is 2.21. The normalized spacial score (nSPS) is 11.8. The molecular formula is C8H8BBrF3-. The van der Waals surface area contributed by atoms with Gasteiger partial charge in [-0.2, -0.15) is 0 Å². The van der Waals surface area contributed by atoms with E-state index in [4.69, 9.17) is 0 Å². The van der Waals surface area contributed by atoms with E-state index in [1.165, 1.54) is 6.07 Å². The fourth-order valence-electron chi connectivity index (χ4n) is 1.10. The Hall–Kier alpha value is -0.445. The molecule has 0 saturated heterocycles. The number of benzene rings is 1. The van der Waals surface area contributed by atoms with Gasteiger partial charge in [-0.25, -0.2) is 0 Å². The van der Waals surface area contributed by atoms with Gasteiger partial charge in [0.05, 0.1) is 0 Å². The Bertz CT molecular complexity index is 309. The topological polar surface area (TPSA) is 0 Å². The van der Waals surface area contributed by atoms with E-state index in [-0.39, 0.29) is 0 Å². The Morgan fingerprint density at radius 3 is 2.38 bits per heavy atom. The second kappa shape index (κ2) is 3.74. The summed E-state index contributed by atoms with van der Waals surface area (Å²) in [4.78, 5) is 0. The molecule has 0 amide bonds. The van der Waals surface area contributed by atoms with Gasteiger partial charge in [0, 0.05) is 4.47 Å². The third kappa shape index (κ3) is 3.42.